The standard InChI is InChI=1S/C18H22BrN/c1-3-17(14-8-6-5-7-9-14)20-18(4-2)15-10-12-16(19)13-11-15/h5-13,17-18,20H,3-4H2,1-2H3. The van der Waals surface area contributed by atoms with Gasteiger partial charge in [0, 0.05) is 16.6 Å². The zero-order valence-electron chi connectivity index (χ0n) is 12.1. The Labute approximate surface area is 130 Å². The van der Waals surface area contributed by atoms with Crippen molar-refractivity contribution in [3.05, 3.63) is 70.2 Å². The van der Waals surface area contributed by atoms with Gasteiger partial charge in [0.1, 0.15) is 0 Å². The van der Waals surface area contributed by atoms with Gasteiger partial charge in [0.05, 0.1) is 0 Å². The average molecular weight is 332 g/mol. The lowest BCUT2D eigenvalue weighted by Gasteiger charge is -2.25. The van der Waals surface area contributed by atoms with Crippen LogP contribution in [-0.4, -0.2) is 0 Å². The van der Waals surface area contributed by atoms with E-state index < -0.39 is 0 Å². The first-order chi connectivity index (χ1) is 9.74. The molecule has 20 heavy (non-hydrogen) atoms. The van der Waals surface area contributed by atoms with Crippen molar-refractivity contribution < 1.29 is 0 Å². The molecule has 0 aromatic heterocycles. The quantitative estimate of drug-likeness (QED) is 0.722. The third-order valence-corrected chi connectivity index (χ3v) is 4.22. The molecule has 0 fully saturated rings. The molecule has 2 heteroatoms. The van der Waals surface area contributed by atoms with E-state index in [1.807, 2.05) is 0 Å². The number of hydrogen-bond acceptors (Lipinski definition) is 1. The monoisotopic (exact) mass is 331 g/mol. The molecule has 0 amide bonds. The van der Waals surface area contributed by atoms with Crippen LogP contribution in [0.4, 0.5) is 0 Å². The summed E-state index contributed by atoms with van der Waals surface area (Å²) in [4.78, 5) is 0. The zero-order valence-corrected chi connectivity index (χ0v) is 13.7. The van der Waals surface area contributed by atoms with E-state index in [1.165, 1.54) is 11.1 Å². The maximum Gasteiger partial charge on any atom is 0.0323 e. The highest BCUT2D eigenvalue weighted by atomic mass is 79.9. The van der Waals surface area contributed by atoms with Crippen LogP contribution in [0.2, 0.25) is 0 Å². The van der Waals surface area contributed by atoms with Crippen LogP contribution in [0.25, 0.3) is 0 Å². The lowest BCUT2D eigenvalue weighted by Crippen LogP contribution is -2.25. The largest absolute Gasteiger partial charge is 0.303 e. The summed E-state index contributed by atoms with van der Waals surface area (Å²) in [7, 11) is 0. The van der Waals surface area contributed by atoms with Gasteiger partial charge >= 0.3 is 0 Å². The number of nitrogens with one attached hydrogen (secondary N) is 1. The third kappa shape index (κ3) is 3.94. The van der Waals surface area contributed by atoms with Crippen molar-refractivity contribution in [1.82, 2.24) is 5.32 Å². The maximum absolute atomic E-state index is 3.79. The van der Waals surface area contributed by atoms with E-state index in [1.54, 1.807) is 0 Å². The van der Waals surface area contributed by atoms with Gasteiger partial charge in [0.25, 0.3) is 0 Å². The van der Waals surface area contributed by atoms with Crippen LogP contribution < -0.4 is 5.32 Å². The van der Waals surface area contributed by atoms with Crippen molar-refractivity contribution in [2.75, 3.05) is 0 Å². The summed E-state index contributed by atoms with van der Waals surface area (Å²) in [5, 5.41) is 3.79. The van der Waals surface area contributed by atoms with Crippen LogP contribution in [-0.2, 0) is 0 Å². The van der Waals surface area contributed by atoms with Crippen molar-refractivity contribution in [2.24, 2.45) is 0 Å². The van der Waals surface area contributed by atoms with E-state index >= 15 is 0 Å². The topological polar surface area (TPSA) is 12.0 Å². The van der Waals surface area contributed by atoms with Crippen molar-refractivity contribution in [1.29, 1.82) is 0 Å². The maximum atomic E-state index is 3.79. The molecule has 0 saturated heterocycles. The smallest absolute Gasteiger partial charge is 0.0323 e. The summed E-state index contributed by atoms with van der Waals surface area (Å²) in [5.41, 5.74) is 2.72. The van der Waals surface area contributed by atoms with Crippen molar-refractivity contribution in [2.45, 2.75) is 38.8 Å². The molecule has 106 valence electrons. The van der Waals surface area contributed by atoms with Crippen molar-refractivity contribution in [3.8, 4) is 0 Å². The fourth-order valence-electron chi connectivity index (χ4n) is 2.52. The molecule has 0 radical (unpaired) electrons. The molecule has 2 aromatic rings. The molecule has 0 heterocycles. The second-order valence-corrected chi connectivity index (χ2v) is 5.97. The van der Waals surface area contributed by atoms with E-state index in [4.69, 9.17) is 0 Å². The molecule has 2 atom stereocenters. The van der Waals surface area contributed by atoms with Gasteiger partial charge in [-0.25, -0.2) is 0 Å². The minimum atomic E-state index is 0.397. The molecule has 0 spiro atoms. The van der Waals surface area contributed by atoms with Crippen LogP contribution in [0.15, 0.2) is 59.1 Å². The van der Waals surface area contributed by atoms with E-state index in [-0.39, 0.29) is 0 Å². The summed E-state index contributed by atoms with van der Waals surface area (Å²) in [5.74, 6) is 0. The van der Waals surface area contributed by atoms with Crippen LogP contribution in [0, 0.1) is 0 Å². The average Bonchev–Trinajstić information content (AvgIpc) is 2.51. The van der Waals surface area contributed by atoms with Gasteiger partial charge in [-0.3, -0.25) is 0 Å². The van der Waals surface area contributed by atoms with Gasteiger partial charge in [-0.2, -0.15) is 0 Å². The summed E-state index contributed by atoms with van der Waals surface area (Å²) >= 11 is 3.50. The molecule has 1 nitrogen and oxygen atoms in total. The van der Waals surface area contributed by atoms with Crippen LogP contribution in [0.5, 0.6) is 0 Å². The minimum Gasteiger partial charge on any atom is -0.303 e. The predicted molar refractivity (Wildman–Crippen MR) is 89.8 cm³/mol. The molecular weight excluding hydrogens is 310 g/mol. The highest BCUT2D eigenvalue weighted by molar-refractivity contribution is 9.10. The number of halogens is 1. The Balaban J connectivity index is 2.14. The van der Waals surface area contributed by atoms with Gasteiger partial charge in [0.2, 0.25) is 0 Å². The van der Waals surface area contributed by atoms with Crippen LogP contribution in [0.1, 0.15) is 49.9 Å². The fraction of sp³-hybridized carbons (Fsp3) is 0.333. The van der Waals surface area contributed by atoms with Crippen LogP contribution >= 0.6 is 15.9 Å². The number of rotatable bonds is 6. The van der Waals surface area contributed by atoms with Gasteiger partial charge in [-0.05, 0) is 36.1 Å². The SMILES string of the molecule is CCC(NC(CC)c1ccc(Br)cc1)c1ccccc1. The van der Waals surface area contributed by atoms with E-state index in [2.05, 4.69) is 89.7 Å². The van der Waals surface area contributed by atoms with E-state index in [0.717, 1.165) is 17.3 Å². The summed E-state index contributed by atoms with van der Waals surface area (Å²) < 4.78 is 1.13. The van der Waals surface area contributed by atoms with Crippen molar-refractivity contribution >= 4 is 15.9 Å². The Morgan fingerprint density at radius 1 is 0.800 bits per heavy atom. The molecule has 0 aliphatic heterocycles. The molecule has 1 N–H and O–H groups in total. The highest BCUT2D eigenvalue weighted by Gasteiger charge is 2.15. The Bertz CT molecular complexity index is 507. The van der Waals surface area contributed by atoms with Crippen molar-refractivity contribution in [3.63, 3.8) is 0 Å². The molecule has 2 unspecified atom stereocenters. The zero-order chi connectivity index (χ0) is 14.4. The predicted octanol–water partition coefficient (Wildman–Crippen LogP) is 5.64. The summed E-state index contributed by atoms with van der Waals surface area (Å²) in [6, 6.07) is 20.1. The van der Waals surface area contributed by atoms with Gasteiger partial charge in [-0.15, -0.1) is 0 Å². The molecule has 2 rings (SSSR count). The molecule has 0 aliphatic carbocycles. The Morgan fingerprint density at radius 2 is 1.30 bits per heavy atom. The first kappa shape index (κ1) is 15.3. The highest BCUT2D eigenvalue weighted by Crippen LogP contribution is 2.25. The Morgan fingerprint density at radius 3 is 1.80 bits per heavy atom. The molecule has 0 bridgehead atoms. The molecule has 0 saturated carbocycles. The van der Waals surface area contributed by atoms with E-state index in [9.17, 15) is 0 Å². The fourth-order valence-corrected chi connectivity index (χ4v) is 2.79. The van der Waals surface area contributed by atoms with Gasteiger partial charge < -0.3 is 5.32 Å². The Kier molecular flexibility index (Phi) is 5.81. The van der Waals surface area contributed by atoms with E-state index in [0.29, 0.717) is 12.1 Å². The lowest BCUT2D eigenvalue weighted by atomic mass is 9.99. The minimum absolute atomic E-state index is 0.397. The summed E-state index contributed by atoms with van der Waals surface area (Å²) in [6.07, 6.45) is 2.18. The number of hydrogen-bond donors (Lipinski definition) is 1. The second-order valence-electron chi connectivity index (χ2n) is 5.05. The number of benzene rings is 2. The first-order valence-corrected chi connectivity index (χ1v) is 8.10. The van der Waals surface area contributed by atoms with Gasteiger partial charge in [-0.1, -0.05) is 72.2 Å². The first-order valence-electron chi connectivity index (χ1n) is 7.31. The lowest BCUT2D eigenvalue weighted by molar-refractivity contribution is 0.426. The molecular formula is C18H22BrN. The van der Waals surface area contributed by atoms with Gasteiger partial charge in [0.15, 0.2) is 0 Å². The second kappa shape index (κ2) is 7.61. The molecule has 0 aliphatic rings. The Hall–Kier alpha value is -1.12. The van der Waals surface area contributed by atoms with Crippen LogP contribution in [0.3, 0.4) is 0 Å². The normalized spacial score (nSPS) is 13.9. The summed E-state index contributed by atoms with van der Waals surface area (Å²) in [6.45, 7) is 4.47. The third-order valence-electron chi connectivity index (χ3n) is 3.69. The molecule has 2 aromatic carbocycles.